The van der Waals surface area contributed by atoms with Crippen LogP contribution in [0.1, 0.15) is 44.6 Å². The van der Waals surface area contributed by atoms with Gasteiger partial charge in [0.2, 0.25) is 5.91 Å². The maximum Gasteiger partial charge on any atom is 0.321 e. The highest BCUT2D eigenvalue weighted by atomic mass is 16.3. The molecular weight excluding hydrogens is 318 g/mol. The van der Waals surface area contributed by atoms with Gasteiger partial charge in [-0.15, -0.1) is 0 Å². The zero-order chi connectivity index (χ0) is 18.0. The Morgan fingerprint density at radius 1 is 1.36 bits per heavy atom. The van der Waals surface area contributed by atoms with E-state index >= 15 is 0 Å². The average molecular weight is 345 g/mol. The first-order chi connectivity index (χ1) is 11.9. The lowest BCUT2D eigenvalue weighted by Gasteiger charge is -2.44. The predicted molar refractivity (Wildman–Crippen MR) is 96.4 cm³/mol. The summed E-state index contributed by atoms with van der Waals surface area (Å²) in [5.41, 5.74) is 1.46. The van der Waals surface area contributed by atoms with Crippen molar-refractivity contribution in [3.63, 3.8) is 0 Å². The summed E-state index contributed by atoms with van der Waals surface area (Å²) in [4.78, 5) is 26.5. The van der Waals surface area contributed by atoms with Crippen LogP contribution in [-0.4, -0.2) is 47.7 Å². The van der Waals surface area contributed by atoms with Gasteiger partial charge in [-0.25, -0.2) is 4.79 Å². The summed E-state index contributed by atoms with van der Waals surface area (Å²) in [6, 6.07) is 7.76. The SMILES string of the molecule is CC(C)c1cccc(NC(=O)N2CCC3(CC2)CC(O)CNC3=O)c1. The zero-order valence-electron chi connectivity index (χ0n) is 14.9. The fraction of sp³-hybridized carbons (Fsp3) is 0.579. The van der Waals surface area contributed by atoms with Crippen LogP contribution in [0.2, 0.25) is 0 Å². The minimum absolute atomic E-state index is 0.0162. The summed E-state index contributed by atoms with van der Waals surface area (Å²) in [5, 5.41) is 15.6. The van der Waals surface area contributed by atoms with Gasteiger partial charge in [-0.05, 0) is 42.9 Å². The first kappa shape index (κ1) is 17.7. The third-order valence-corrected chi connectivity index (χ3v) is 5.42. The van der Waals surface area contributed by atoms with Crippen LogP contribution in [0.3, 0.4) is 0 Å². The van der Waals surface area contributed by atoms with Crippen LogP contribution in [0.15, 0.2) is 24.3 Å². The molecule has 0 bridgehead atoms. The minimum Gasteiger partial charge on any atom is -0.391 e. The number of anilines is 1. The second kappa shape index (κ2) is 7.04. The van der Waals surface area contributed by atoms with Crippen molar-refractivity contribution in [3.05, 3.63) is 29.8 Å². The van der Waals surface area contributed by atoms with E-state index in [0.717, 1.165) is 5.69 Å². The normalized spacial score (nSPS) is 22.8. The molecule has 1 atom stereocenters. The number of piperidine rings is 2. The number of benzene rings is 1. The summed E-state index contributed by atoms with van der Waals surface area (Å²) in [7, 11) is 0. The van der Waals surface area contributed by atoms with Gasteiger partial charge in [0, 0.05) is 25.3 Å². The largest absolute Gasteiger partial charge is 0.391 e. The Labute approximate surface area is 148 Å². The molecule has 1 unspecified atom stereocenters. The highest BCUT2D eigenvalue weighted by Crippen LogP contribution is 2.38. The molecule has 0 aliphatic carbocycles. The maximum absolute atomic E-state index is 12.5. The summed E-state index contributed by atoms with van der Waals surface area (Å²) in [5.74, 6) is 0.422. The van der Waals surface area contributed by atoms with Crippen molar-refractivity contribution in [3.8, 4) is 0 Å². The highest BCUT2D eigenvalue weighted by Gasteiger charge is 2.45. The maximum atomic E-state index is 12.5. The number of nitrogens with one attached hydrogen (secondary N) is 2. The lowest BCUT2D eigenvalue weighted by atomic mass is 9.71. The highest BCUT2D eigenvalue weighted by molar-refractivity contribution is 5.90. The number of likely N-dealkylation sites (tertiary alicyclic amines) is 1. The Bertz CT molecular complexity index is 651. The molecule has 3 amide bonds. The molecular formula is C19H27N3O3. The Hall–Kier alpha value is -2.08. The van der Waals surface area contributed by atoms with Crippen LogP contribution in [0, 0.1) is 5.41 Å². The van der Waals surface area contributed by atoms with E-state index in [1.807, 2.05) is 18.2 Å². The van der Waals surface area contributed by atoms with Crippen LogP contribution in [0.25, 0.3) is 0 Å². The number of rotatable bonds is 2. The third-order valence-electron chi connectivity index (χ3n) is 5.42. The summed E-state index contributed by atoms with van der Waals surface area (Å²) in [6.45, 7) is 5.62. The smallest absolute Gasteiger partial charge is 0.321 e. The molecule has 25 heavy (non-hydrogen) atoms. The molecule has 1 aromatic rings. The van der Waals surface area contributed by atoms with Gasteiger partial charge < -0.3 is 20.6 Å². The molecule has 1 aromatic carbocycles. The van der Waals surface area contributed by atoms with Gasteiger partial charge in [0.15, 0.2) is 0 Å². The van der Waals surface area contributed by atoms with E-state index in [1.54, 1.807) is 4.90 Å². The van der Waals surface area contributed by atoms with E-state index in [-0.39, 0.29) is 11.9 Å². The molecule has 6 nitrogen and oxygen atoms in total. The lowest BCUT2D eigenvalue weighted by Crippen LogP contribution is -2.56. The second-order valence-corrected chi connectivity index (χ2v) is 7.55. The van der Waals surface area contributed by atoms with Crippen LogP contribution in [-0.2, 0) is 4.79 Å². The predicted octanol–water partition coefficient (Wildman–Crippen LogP) is 2.30. The average Bonchev–Trinajstić information content (AvgIpc) is 2.59. The molecule has 3 N–H and O–H groups in total. The minimum atomic E-state index is -0.522. The number of amides is 3. The number of carbonyl (C=O) groups is 2. The molecule has 2 aliphatic rings. The molecule has 2 aliphatic heterocycles. The fourth-order valence-electron chi connectivity index (χ4n) is 3.76. The zero-order valence-corrected chi connectivity index (χ0v) is 14.9. The lowest BCUT2D eigenvalue weighted by molar-refractivity contribution is -0.140. The molecule has 3 rings (SSSR count). The number of hydrogen-bond donors (Lipinski definition) is 3. The number of hydrogen-bond acceptors (Lipinski definition) is 3. The van der Waals surface area contributed by atoms with Crippen LogP contribution in [0.5, 0.6) is 0 Å². The molecule has 2 heterocycles. The first-order valence-corrected chi connectivity index (χ1v) is 9.02. The Balaban J connectivity index is 1.60. The quantitative estimate of drug-likeness (QED) is 0.769. The number of aliphatic hydroxyl groups is 1. The monoisotopic (exact) mass is 345 g/mol. The molecule has 0 radical (unpaired) electrons. The molecule has 0 aromatic heterocycles. The molecule has 0 saturated carbocycles. The molecule has 2 saturated heterocycles. The molecule has 2 fully saturated rings. The van der Waals surface area contributed by atoms with Crippen molar-refractivity contribution >= 4 is 17.6 Å². The van der Waals surface area contributed by atoms with E-state index in [0.29, 0.717) is 44.8 Å². The van der Waals surface area contributed by atoms with E-state index in [2.05, 4.69) is 30.5 Å². The van der Waals surface area contributed by atoms with Gasteiger partial charge in [0.25, 0.3) is 0 Å². The second-order valence-electron chi connectivity index (χ2n) is 7.55. The van der Waals surface area contributed by atoms with E-state index in [4.69, 9.17) is 0 Å². The van der Waals surface area contributed by atoms with Gasteiger partial charge in [-0.1, -0.05) is 26.0 Å². The third kappa shape index (κ3) is 3.79. The van der Waals surface area contributed by atoms with Crippen molar-refractivity contribution in [2.45, 2.75) is 45.1 Å². The van der Waals surface area contributed by atoms with Crippen molar-refractivity contribution in [2.24, 2.45) is 5.41 Å². The number of urea groups is 1. The molecule has 1 spiro atoms. The van der Waals surface area contributed by atoms with Crippen molar-refractivity contribution < 1.29 is 14.7 Å². The number of β-amino-alcohol motifs (C(OH)–C–C–N with tert-alkyl or cyclic N) is 1. The van der Waals surface area contributed by atoms with E-state index in [9.17, 15) is 14.7 Å². The Morgan fingerprint density at radius 3 is 2.76 bits per heavy atom. The number of nitrogens with zero attached hydrogens (tertiary/aromatic N) is 1. The number of aliphatic hydroxyl groups excluding tert-OH is 1. The Morgan fingerprint density at radius 2 is 2.08 bits per heavy atom. The van der Waals surface area contributed by atoms with Gasteiger partial charge in [-0.2, -0.15) is 0 Å². The topological polar surface area (TPSA) is 81.7 Å². The Kier molecular flexibility index (Phi) is 4.99. The van der Waals surface area contributed by atoms with Crippen LogP contribution < -0.4 is 10.6 Å². The van der Waals surface area contributed by atoms with E-state index in [1.165, 1.54) is 5.56 Å². The standard InChI is InChI=1S/C19H27N3O3/c1-13(2)14-4-3-5-15(10-14)21-18(25)22-8-6-19(7-9-22)11-16(23)12-20-17(19)24/h3-5,10,13,16,23H,6-9,11-12H2,1-2H3,(H,20,24)(H,21,25). The summed E-state index contributed by atoms with van der Waals surface area (Å²) >= 11 is 0. The van der Waals surface area contributed by atoms with Gasteiger partial charge in [0.05, 0.1) is 11.5 Å². The van der Waals surface area contributed by atoms with Crippen LogP contribution in [0.4, 0.5) is 10.5 Å². The first-order valence-electron chi connectivity index (χ1n) is 9.02. The van der Waals surface area contributed by atoms with Crippen molar-refractivity contribution in [2.75, 3.05) is 25.0 Å². The van der Waals surface area contributed by atoms with E-state index < -0.39 is 11.5 Å². The fourth-order valence-corrected chi connectivity index (χ4v) is 3.76. The molecule has 6 heteroatoms. The van der Waals surface area contributed by atoms with Gasteiger partial charge >= 0.3 is 6.03 Å². The summed E-state index contributed by atoms with van der Waals surface area (Å²) in [6.07, 6.45) is 1.19. The van der Waals surface area contributed by atoms with Gasteiger partial charge in [0.1, 0.15) is 0 Å². The van der Waals surface area contributed by atoms with Gasteiger partial charge in [-0.3, -0.25) is 4.79 Å². The number of carbonyl (C=O) groups excluding carboxylic acids is 2. The molecule has 136 valence electrons. The van der Waals surface area contributed by atoms with Crippen molar-refractivity contribution in [1.82, 2.24) is 10.2 Å². The summed E-state index contributed by atoms with van der Waals surface area (Å²) < 4.78 is 0. The van der Waals surface area contributed by atoms with Crippen molar-refractivity contribution in [1.29, 1.82) is 0 Å². The van der Waals surface area contributed by atoms with Crippen LogP contribution >= 0.6 is 0 Å².